The van der Waals surface area contributed by atoms with E-state index < -0.39 is 0 Å². The molecule has 0 saturated heterocycles. The molecule has 0 atom stereocenters. The van der Waals surface area contributed by atoms with Gasteiger partial charge in [-0.15, -0.1) is 10.2 Å². The number of carbonyl (C=O) groups is 1. The van der Waals surface area contributed by atoms with Crippen molar-refractivity contribution in [2.45, 2.75) is 14.4 Å². The quantitative estimate of drug-likeness (QED) is 0.163. The Balaban J connectivity index is 1.27. The Labute approximate surface area is 207 Å². The summed E-state index contributed by atoms with van der Waals surface area (Å²) in [5.74, 6) is 0.728. The minimum Gasteiger partial charge on any atom is -0.272 e. The van der Waals surface area contributed by atoms with Gasteiger partial charge in [0, 0.05) is 11.3 Å². The highest BCUT2D eigenvalue weighted by Gasteiger charge is 2.10. The predicted molar refractivity (Wildman–Crippen MR) is 136 cm³/mol. The maximum atomic E-state index is 12.1. The molecule has 0 radical (unpaired) electrons. The van der Waals surface area contributed by atoms with Crippen LogP contribution in [0.5, 0.6) is 0 Å². The van der Waals surface area contributed by atoms with Gasteiger partial charge in [0.15, 0.2) is 8.68 Å². The van der Waals surface area contributed by atoms with Crippen LogP contribution in [0, 0.1) is 0 Å². The van der Waals surface area contributed by atoms with Crippen molar-refractivity contribution in [3.63, 3.8) is 0 Å². The number of hydrogen-bond donors (Lipinski definition) is 1. The van der Waals surface area contributed by atoms with Crippen LogP contribution in [-0.4, -0.2) is 28.1 Å². The number of amides is 1. The van der Waals surface area contributed by atoms with Gasteiger partial charge in [0.2, 0.25) is 0 Å². The van der Waals surface area contributed by atoms with E-state index in [0.29, 0.717) is 15.6 Å². The summed E-state index contributed by atoms with van der Waals surface area (Å²) in [6.45, 7) is 0. The molecule has 10 heteroatoms. The molecule has 32 heavy (non-hydrogen) atoms. The number of benzene rings is 3. The molecule has 1 heterocycles. The molecule has 3 aromatic carbocycles. The monoisotopic (exact) mass is 518 g/mol. The van der Waals surface area contributed by atoms with Gasteiger partial charge < -0.3 is 0 Å². The first-order valence-corrected chi connectivity index (χ1v) is 13.0. The van der Waals surface area contributed by atoms with Crippen molar-refractivity contribution in [1.82, 2.24) is 15.6 Å². The molecule has 0 saturated carbocycles. The lowest BCUT2D eigenvalue weighted by molar-refractivity contribution is -0.118. The number of thioether (sulfide) groups is 2. The van der Waals surface area contributed by atoms with E-state index >= 15 is 0 Å². The number of nitrogens with zero attached hydrogens (tertiary/aromatic N) is 3. The molecule has 0 unspecified atom stereocenters. The number of aromatic nitrogens is 2. The van der Waals surface area contributed by atoms with Crippen LogP contribution in [0.1, 0.15) is 11.1 Å². The van der Waals surface area contributed by atoms with Crippen LogP contribution in [0.3, 0.4) is 0 Å². The molecule has 5 nitrogen and oxygen atoms in total. The van der Waals surface area contributed by atoms with Gasteiger partial charge >= 0.3 is 0 Å². The van der Waals surface area contributed by atoms with Crippen LogP contribution in [0.25, 0.3) is 10.8 Å². The molecule has 4 rings (SSSR count). The molecule has 1 amide bonds. The molecule has 0 fully saturated rings. The van der Waals surface area contributed by atoms with Gasteiger partial charge in [-0.05, 0) is 28.5 Å². The van der Waals surface area contributed by atoms with Gasteiger partial charge in [-0.3, -0.25) is 4.79 Å². The van der Waals surface area contributed by atoms with Crippen molar-refractivity contribution in [2.75, 3.05) is 5.75 Å². The van der Waals surface area contributed by atoms with Crippen molar-refractivity contribution in [3.05, 3.63) is 81.8 Å². The Morgan fingerprint density at radius 2 is 1.66 bits per heavy atom. The first-order chi connectivity index (χ1) is 15.6. The van der Waals surface area contributed by atoms with Crippen LogP contribution in [0.15, 0.2) is 74.4 Å². The fraction of sp³-hybridized carbons (Fsp3) is 0.0909. The maximum Gasteiger partial charge on any atom is 0.250 e. The smallest absolute Gasteiger partial charge is 0.250 e. The molecule has 1 aromatic heterocycles. The lowest BCUT2D eigenvalue weighted by Gasteiger charge is -2.04. The van der Waals surface area contributed by atoms with Gasteiger partial charge in [-0.25, -0.2) is 5.43 Å². The third kappa shape index (κ3) is 6.02. The van der Waals surface area contributed by atoms with Crippen LogP contribution < -0.4 is 5.43 Å². The number of fused-ring (bicyclic) bond motifs is 1. The maximum absolute atomic E-state index is 12.1. The lowest BCUT2D eigenvalue weighted by Crippen LogP contribution is -2.19. The van der Waals surface area contributed by atoms with E-state index in [4.69, 9.17) is 23.2 Å². The van der Waals surface area contributed by atoms with E-state index in [2.05, 4.69) is 51.1 Å². The van der Waals surface area contributed by atoms with Crippen molar-refractivity contribution in [1.29, 1.82) is 0 Å². The summed E-state index contributed by atoms with van der Waals surface area (Å²) in [4.78, 5) is 12.1. The topological polar surface area (TPSA) is 67.2 Å². The van der Waals surface area contributed by atoms with E-state index in [0.717, 1.165) is 14.4 Å². The zero-order valence-electron chi connectivity index (χ0n) is 16.5. The Kier molecular flexibility index (Phi) is 8.05. The molecule has 0 aliphatic heterocycles. The number of rotatable bonds is 8. The van der Waals surface area contributed by atoms with E-state index in [1.54, 1.807) is 30.0 Å². The van der Waals surface area contributed by atoms with Crippen LogP contribution in [0.2, 0.25) is 10.0 Å². The van der Waals surface area contributed by atoms with E-state index in [1.165, 1.54) is 45.6 Å². The van der Waals surface area contributed by atoms with E-state index in [9.17, 15) is 4.79 Å². The first-order valence-electron chi connectivity index (χ1n) is 9.42. The Hall–Kier alpha value is -2.10. The van der Waals surface area contributed by atoms with Crippen LogP contribution >= 0.6 is 58.1 Å². The fourth-order valence-electron chi connectivity index (χ4n) is 2.83. The van der Waals surface area contributed by atoms with Crippen molar-refractivity contribution < 1.29 is 4.79 Å². The minimum atomic E-state index is -0.255. The average molecular weight is 520 g/mol. The second kappa shape index (κ2) is 11.2. The second-order valence-corrected chi connectivity index (χ2v) is 10.7. The van der Waals surface area contributed by atoms with E-state index in [-0.39, 0.29) is 11.7 Å². The summed E-state index contributed by atoms with van der Waals surface area (Å²) in [6, 6.07) is 19.8. The van der Waals surface area contributed by atoms with Crippen LogP contribution in [0.4, 0.5) is 0 Å². The third-order valence-electron chi connectivity index (χ3n) is 4.33. The number of hydrogen-bond acceptors (Lipinski definition) is 7. The number of carbonyl (C=O) groups excluding carboxylic acids is 1. The molecule has 0 aliphatic carbocycles. The average Bonchev–Trinajstić information content (AvgIpc) is 3.26. The zero-order chi connectivity index (χ0) is 22.3. The fourth-order valence-corrected chi connectivity index (χ4v) is 6.15. The zero-order valence-corrected chi connectivity index (χ0v) is 20.5. The summed E-state index contributed by atoms with van der Waals surface area (Å²) < 4.78 is 1.60. The SMILES string of the molecule is O=C(CSc1nnc(SCc2cccc3ccccc23)s1)N/N=C\c1c(Cl)cccc1Cl. The van der Waals surface area contributed by atoms with Crippen molar-refractivity contribution >= 4 is 81.0 Å². The van der Waals surface area contributed by atoms with Crippen molar-refractivity contribution in [3.8, 4) is 0 Å². The molecular weight excluding hydrogens is 503 g/mol. The Bertz CT molecular complexity index is 1250. The molecular formula is C22H16Cl2N4OS3. The highest BCUT2D eigenvalue weighted by Crippen LogP contribution is 2.32. The lowest BCUT2D eigenvalue weighted by atomic mass is 10.1. The van der Waals surface area contributed by atoms with Gasteiger partial charge in [0.25, 0.3) is 5.91 Å². The highest BCUT2D eigenvalue weighted by atomic mass is 35.5. The molecule has 0 bridgehead atoms. The minimum absolute atomic E-state index is 0.177. The Morgan fingerprint density at radius 3 is 2.47 bits per heavy atom. The predicted octanol–water partition coefficient (Wildman–Crippen LogP) is 6.53. The summed E-state index contributed by atoms with van der Waals surface area (Å²) in [5, 5.41) is 15.7. The summed E-state index contributed by atoms with van der Waals surface area (Å²) in [7, 11) is 0. The standard InChI is InChI=1S/C22H16Cl2N4OS3/c23-18-9-4-10-19(24)17(18)11-25-26-20(29)13-31-22-28-27-21(32-22)30-12-15-7-3-6-14-5-1-2-8-16(14)15/h1-11H,12-13H2,(H,26,29)/b25-11-. The number of hydrazone groups is 1. The third-order valence-corrected chi connectivity index (χ3v) is 8.23. The Morgan fingerprint density at radius 1 is 0.969 bits per heavy atom. The van der Waals surface area contributed by atoms with Crippen molar-refractivity contribution in [2.24, 2.45) is 5.10 Å². The van der Waals surface area contributed by atoms with Gasteiger partial charge in [0.05, 0.1) is 22.0 Å². The highest BCUT2D eigenvalue weighted by molar-refractivity contribution is 8.03. The summed E-state index contributed by atoms with van der Waals surface area (Å²) in [6.07, 6.45) is 1.43. The second-order valence-electron chi connectivity index (χ2n) is 6.48. The molecule has 0 aliphatic rings. The van der Waals surface area contributed by atoms with Gasteiger partial charge in [-0.1, -0.05) is 107 Å². The molecule has 4 aromatic rings. The molecule has 0 spiro atoms. The van der Waals surface area contributed by atoms with Gasteiger partial charge in [-0.2, -0.15) is 5.10 Å². The first kappa shape index (κ1) is 23.1. The normalized spacial score (nSPS) is 11.3. The number of halogens is 2. The summed E-state index contributed by atoms with van der Waals surface area (Å²) in [5.41, 5.74) is 4.28. The molecule has 162 valence electrons. The van der Waals surface area contributed by atoms with Gasteiger partial charge in [0.1, 0.15) is 0 Å². The van der Waals surface area contributed by atoms with E-state index in [1.807, 2.05) is 12.1 Å². The largest absolute Gasteiger partial charge is 0.272 e. The summed E-state index contributed by atoms with van der Waals surface area (Å²) >= 11 is 16.6. The number of nitrogens with one attached hydrogen (secondary N) is 1. The molecule has 1 N–H and O–H groups in total. The van der Waals surface area contributed by atoms with Crippen LogP contribution in [-0.2, 0) is 10.5 Å².